The highest BCUT2D eigenvalue weighted by Gasteiger charge is 2.18. The van der Waals surface area contributed by atoms with Crippen molar-refractivity contribution >= 4 is 40.9 Å². The smallest absolute Gasteiger partial charge is 0.367 e. The highest BCUT2D eigenvalue weighted by atomic mass is 35.5. The number of nitrogens with zero attached hydrogens (tertiary/aromatic N) is 1. The Kier molecular flexibility index (Phi) is 6.80. The van der Waals surface area contributed by atoms with E-state index in [4.69, 9.17) is 27.9 Å². The van der Waals surface area contributed by atoms with Gasteiger partial charge in [-0.3, -0.25) is 0 Å². The van der Waals surface area contributed by atoms with Crippen LogP contribution in [0.4, 0.5) is 0 Å². The molecular weight excluding hydrogens is 369 g/mol. The van der Waals surface area contributed by atoms with Crippen LogP contribution < -0.4 is 4.74 Å². The molecule has 0 fully saturated rings. The first-order valence-electron chi connectivity index (χ1n) is 7.05. The van der Waals surface area contributed by atoms with Gasteiger partial charge >= 0.3 is 11.9 Å². The molecule has 25 heavy (non-hydrogen) atoms. The molecule has 0 aromatic heterocycles. The predicted molar refractivity (Wildman–Crippen MR) is 93.0 cm³/mol. The van der Waals surface area contributed by atoms with Gasteiger partial charge in [-0.25, -0.2) is 9.59 Å². The quantitative estimate of drug-likeness (QED) is 0.343. The van der Waals surface area contributed by atoms with Crippen molar-refractivity contribution in [1.29, 1.82) is 0 Å². The third-order valence-corrected chi connectivity index (χ3v) is 3.34. The van der Waals surface area contributed by atoms with Crippen molar-refractivity contribution in [2.24, 2.45) is 5.16 Å². The number of oxime groups is 1. The molecule has 0 aliphatic heterocycles. The predicted octanol–water partition coefficient (Wildman–Crippen LogP) is 3.40. The van der Waals surface area contributed by atoms with E-state index in [0.717, 1.165) is 5.56 Å². The maximum Gasteiger partial charge on any atom is 0.367 e. The van der Waals surface area contributed by atoms with Gasteiger partial charge in [-0.15, -0.1) is 0 Å². The minimum absolute atomic E-state index is 0.230. The lowest BCUT2D eigenvalue weighted by Gasteiger charge is -2.07. The molecule has 130 valence electrons. The van der Waals surface area contributed by atoms with E-state index in [9.17, 15) is 14.7 Å². The average molecular weight is 382 g/mol. The number of halogens is 2. The number of rotatable bonds is 7. The maximum atomic E-state index is 11.3. The van der Waals surface area contributed by atoms with Crippen molar-refractivity contribution in [3.05, 3.63) is 65.7 Å². The van der Waals surface area contributed by atoms with Crippen LogP contribution in [-0.2, 0) is 21.0 Å². The molecular formula is C17H13Cl2NO5. The summed E-state index contributed by atoms with van der Waals surface area (Å²) in [5, 5.41) is 12.5. The summed E-state index contributed by atoms with van der Waals surface area (Å²) in [6.07, 6.45) is 0. The Hall–Kier alpha value is -2.57. The van der Waals surface area contributed by atoms with Gasteiger partial charge in [0.05, 0.1) is 0 Å². The van der Waals surface area contributed by atoms with Crippen molar-refractivity contribution in [3.63, 3.8) is 0 Å². The number of carboxylic acids is 1. The molecule has 2 aromatic carbocycles. The van der Waals surface area contributed by atoms with E-state index in [2.05, 4.69) is 9.99 Å². The van der Waals surface area contributed by atoms with E-state index in [0.29, 0.717) is 12.4 Å². The van der Waals surface area contributed by atoms with Crippen LogP contribution in [0.1, 0.15) is 11.1 Å². The first-order chi connectivity index (χ1) is 12.0. The Morgan fingerprint density at radius 2 is 1.68 bits per heavy atom. The minimum Gasteiger partial charge on any atom is -0.489 e. The molecule has 0 saturated carbocycles. The summed E-state index contributed by atoms with van der Waals surface area (Å²) in [5.41, 5.74) is 0.771. The third kappa shape index (κ3) is 5.77. The summed E-state index contributed by atoms with van der Waals surface area (Å²) in [6, 6.07) is 15.7. The minimum atomic E-state index is -1.45. The van der Waals surface area contributed by atoms with E-state index < -0.39 is 22.5 Å². The second kappa shape index (κ2) is 9.05. The number of hydrogen-bond donors (Lipinski definition) is 1. The number of carbonyl (C=O) groups is 2. The van der Waals surface area contributed by atoms with E-state index in [1.807, 2.05) is 30.3 Å². The number of hydrogen-bond acceptors (Lipinski definition) is 5. The molecule has 0 spiro atoms. The first kappa shape index (κ1) is 18.8. The molecule has 2 rings (SSSR count). The van der Waals surface area contributed by atoms with E-state index in [1.54, 1.807) is 12.1 Å². The van der Waals surface area contributed by atoms with Crippen molar-refractivity contribution < 1.29 is 24.3 Å². The lowest BCUT2D eigenvalue weighted by atomic mass is 10.1. The SMILES string of the molecule is O=C(O)C(=NOC(=O)C(Cl)Cl)c1ccc(OCc2ccccc2)cc1. The van der Waals surface area contributed by atoms with Crippen LogP contribution in [0, 0.1) is 0 Å². The molecule has 0 bridgehead atoms. The van der Waals surface area contributed by atoms with Gasteiger partial charge in [0, 0.05) is 5.56 Å². The van der Waals surface area contributed by atoms with Crippen LogP contribution in [-0.4, -0.2) is 27.6 Å². The fourth-order valence-corrected chi connectivity index (χ4v) is 1.88. The van der Waals surface area contributed by atoms with Crippen molar-refractivity contribution in [2.45, 2.75) is 11.4 Å². The number of carbonyl (C=O) groups excluding carboxylic acids is 1. The zero-order chi connectivity index (χ0) is 18.2. The molecule has 0 heterocycles. The van der Waals surface area contributed by atoms with Crippen molar-refractivity contribution in [2.75, 3.05) is 0 Å². The summed E-state index contributed by atoms with van der Waals surface area (Å²) >= 11 is 10.6. The number of alkyl halides is 2. The third-order valence-electron chi connectivity index (χ3n) is 2.98. The van der Waals surface area contributed by atoms with Gasteiger partial charge in [-0.2, -0.15) is 0 Å². The average Bonchev–Trinajstić information content (AvgIpc) is 2.61. The van der Waals surface area contributed by atoms with Gasteiger partial charge in [-0.05, 0) is 29.8 Å². The molecule has 0 unspecified atom stereocenters. The van der Waals surface area contributed by atoms with Crippen LogP contribution in [0.15, 0.2) is 59.8 Å². The molecule has 6 nitrogen and oxygen atoms in total. The Morgan fingerprint density at radius 1 is 1.04 bits per heavy atom. The zero-order valence-electron chi connectivity index (χ0n) is 12.8. The highest BCUT2D eigenvalue weighted by molar-refractivity contribution is 6.53. The summed E-state index contributed by atoms with van der Waals surface area (Å²) < 4.78 is 5.61. The summed E-state index contributed by atoms with van der Waals surface area (Å²) in [5.74, 6) is -1.88. The van der Waals surface area contributed by atoms with Crippen molar-refractivity contribution in [1.82, 2.24) is 0 Å². The Balaban J connectivity index is 2.06. The fraction of sp³-hybridized carbons (Fsp3) is 0.118. The Bertz CT molecular complexity index is 760. The largest absolute Gasteiger partial charge is 0.489 e. The monoisotopic (exact) mass is 381 g/mol. The molecule has 0 aliphatic carbocycles. The lowest BCUT2D eigenvalue weighted by molar-refractivity contribution is -0.141. The molecule has 0 aliphatic rings. The molecule has 0 atom stereocenters. The maximum absolute atomic E-state index is 11.3. The summed E-state index contributed by atoms with van der Waals surface area (Å²) in [7, 11) is 0. The van der Waals surface area contributed by atoms with E-state index >= 15 is 0 Å². The zero-order valence-corrected chi connectivity index (χ0v) is 14.3. The second-order valence-electron chi connectivity index (χ2n) is 4.75. The van der Waals surface area contributed by atoms with Crippen LogP contribution in [0.2, 0.25) is 0 Å². The van der Waals surface area contributed by atoms with E-state index in [-0.39, 0.29) is 5.56 Å². The first-order valence-corrected chi connectivity index (χ1v) is 7.92. The molecule has 2 aromatic rings. The van der Waals surface area contributed by atoms with Crippen LogP contribution in [0.5, 0.6) is 5.75 Å². The number of benzene rings is 2. The highest BCUT2D eigenvalue weighted by Crippen LogP contribution is 2.15. The molecule has 0 amide bonds. The van der Waals surface area contributed by atoms with Crippen LogP contribution >= 0.6 is 23.2 Å². The van der Waals surface area contributed by atoms with Crippen LogP contribution in [0.3, 0.4) is 0 Å². The van der Waals surface area contributed by atoms with Gasteiger partial charge in [0.2, 0.25) is 4.84 Å². The van der Waals surface area contributed by atoms with E-state index in [1.165, 1.54) is 12.1 Å². The fourth-order valence-electron chi connectivity index (χ4n) is 1.80. The second-order valence-corrected chi connectivity index (χ2v) is 5.85. The molecule has 8 heteroatoms. The topological polar surface area (TPSA) is 85.2 Å². The molecule has 0 saturated heterocycles. The Labute approximate surface area is 153 Å². The molecule has 0 radical (unpaired) electrons. The van der Waals surface area contributed by atoms with Gasteiger partial charge in [0.1, 0.15) is 12.4 Å². The normalized spacial score (nSPS) is 11.2. The number of ether oxygens (including phenoxy) is 1. The van der Waals surface area contributed by atoms with Gasteiger partial charge in [0.25, 0.3) is 0 Å². The standard InChI is InChI=1S/C17H13Cl2NO5/c18-15(19)17(23)25-20-14(16(21)22)12-6-8-13(9-7-12)24-10-11-4-2-1-3-5-11/h1-9,15H,10H2,(H,21,22). The van der Waals surface area contributed by atoms with Gasteiger partial charge < -0.3 is 14.7 Å². The van der Waals surface area contributed by atoms with Gasteiger partial charge in [-0.1, -0.05) is 58.7 Å². The Morgan fingerprint density at radius 3 is 2.24 bits per heavy atom. The van der Waals surface area contributed by atoms with Gasteiger partial charge in [0.15, 0.2) is 5.71 Å². The lowest BCUT2D eigenvalue weighted by Crippen LogP contribution is -2.17. The van der Waals surface area contributed by atoms with Crippen LogP contribution in [0.25, 0.3) is 0 Å². The van der Waals surface area contributed by atoms with Crippen molar-refractivity contribution in [3.8, 4) is 5.75 Å². The summed E-state index contributed by atoms with van der Waals surface area (Å²) in [6.45, 7) is 0.379. The number of aliphatic carboxylic acids is 1. The molecule has 1 N–H and O–H groups in total. The summed E-state index contributed by atoms with van der Waals surface area (Å²) in [4.78, 5) is 25.4. The number of carboxylic acid groups (broad SMARTS) is 1.